The van der Waals surface area contributed by atoms with Crippen molar-refractivity contribution in [1.29, 1.82) is 0 Å². The number of benzene rings is 1. The van der Waals surface area contributed by atoms with Crippen molar-refractivity contribution in [2.45, 2.75) is 20.4 Å². The zero-order valence-corrected chi connectivity index (χ0v) is 11.9. The van der Waals surface area contributed by atoms with Gasteiger partial charge in [0.15, 0.2) is 5.69 Å². The first-order valence-corrected chi connectivity index (χ1v) is 6.61. The van der Waals surface area contributed by atoms with Crippen molar-refractivity contribution in [3.05, 3.63) is 35.7 Å². The monoisotopic (exact) mass is 291 g/mol. The standard InChI is InChI=1S/C14H17N3O4/c1-3-20-11-4-6-12(7-5-11)21-9-8-17-10(2)13(14(18)19)15-16-17/h4-7H,3,8-9H2,1-2H3,(H,18,19). The summed E-state index contributed by atoms with van der Waals surface area (Å²) in [5, 5.41) is 16.3. The molecular formula is C14H17N3O4. The second kappa shape index (κ2) is 6.74. The normalized spacial score (nSPS) is 10.4. The maximum Gasteiger partial charge on any atom is 0.358 e. The van der Waals surface area contributed by atoms with Crippen LogP contribution in [0.1, 0.15) is 23.1 Å². The molecule has 0 spiro atoms. The van der Waals surface area contributed by atoms with Crippen molar-refractivity contribution < 1.29 is 19.4 Å². The highest BCUT2D eigenvalue weighted by Crippen LogP contribution is 2.17. The molecule has 1 aromatic heterocycles. The lowest BCUT2D eigenvalue weighted by Crippen LogP contribution is -2.11. The van der Waals surface area contributed by atoms with E-state index in [0.717, 1.165) is 11.5 Å². The topological polar surface area (TPSA) is 86.5 Å². The van der Waals surface area contributed by atoms with E-state index >= 15 is 0 Å². The van der Waals surface area contributed by atoms with Gasteiger partial charge >= 0.3 is 5.97 Å². The number of aromatic carboxylic acids is 1. The fraction of sp³-hybridized carbons (Fsp3) is 0.357. The smallest absolute Gasteiger partial charge is 0.358 e. The molecule has 0 fully saturated rings. The first-order valence-electron chi connectivity index (χ1n) is 6.61. The Kier molecular flexibility index (Phi) is 4.76. The number of hydrogen-bond donors (Lipinski definition) is 1. The number of hydrogen-bond acceptors (Lipinski definition) is 5. The Morgan fingerprint density at radius 3 is 2.38 bits per heavy atom. The Hall–Kier alpha value is -2.57. The van der Waals surface area contributed by atoms with E-state index in [1.165, 1.54) is 4.68 Å². The van der Waals surface area contributed by atoms with Crippen LogP contribution in [-0.4, -0.2) is 39.3 Å². The molecule has 0 aliphatic heterocycles. The van der Waals surface area contributed by atoms with E-state index in [0.29, 0.717) is 25.5 Å². The summed E-state index contributed by atoms with van der Waals surface area (Å²) in [6.45, 7) is 5.02. The minimum Gasteiger partial charge on any atom is -0.494 e. The molecule has 0 amide bonds. The van der Waals surface area contributed by atoms with E-state index in [4.69, 9.17) is 14.6 Å². The van der Waals surface area contributed by atoms with Gasteiger partial charge in [0.1, 0.15) is 18.1 Å². The summed E-state index contributed by atoms with van der Waals surface area (Å²) in [4.78, 5) is 10.9. The van der Waals surface area contributed by atoms with Crippen molar-refractivity contribution in [2.24, 2.45) is 0 Å². The molecule has 0 saturated carbocycles. The minimum atomic E-state index is -1.08. The first kappa shape index (κ1) is 14.8. The van der Waals surface area contributed by atoms with Crippen LogP contribution in [0.5, 0.6) is 11.5 Å². The molecular weight excluding hydrogens is 274 g/mol. The van der Waals surface area contributed by atoms with E-state index < -0.39 is 5.97 Å². The second-order valence-electron chi connectivity index (χ2n) is 4.30. The third-order valence-electron chi connectivity index (χ3n) is 2.89. The van der Waals surface area contributed by atoms with Gasteiger partial charge in [0.25, 0.3) is 0 Å². The van der Waals surface area contributed by atoms with E-state index in [1.54, 1.807) is 6.92 Å². The number of carbonyl (C=O) groups is 1. The summed E-state index contributed by atoms with van der Waals surface area (Å²) in [6.07, 6.45) is 0. The van der Waals surface area contributed by atoms with Gasteiger partial charge in [-0.05, 0) is 38.1 Å². The molecule has 2 aromatic rings. The number of carboxylic acid groups (broad SMARTS) is 1. The number of ether oxygens (including phenoxy) is 2. The fourth-order valence-electron chi connectivity index (χ4n) is 1.82. The summed E-state index contributed by atoms with van der Waals surface area (Å²) >= 11 is 0. The van der Waals surface area contributed by atoms with Gasteiger partial charge in [-0.1, -0.05) is 5.21 Å². The molecule has 0 bridgehead atoms. The zero-order valence-electron chi connectivity index (χ0n) is 11.9. The minimum absolute atomic E-state index is 0.0314. The van der Waals surface area contributed by atoms with Crippen LogP contribution >= 0.6 is 0 Å². The lowest BCUT2D eigenvalue weighted by molar-refractivity contribution is 0.0689. The van der Waals surface area contributed by atoms with Crippen LogP contribution in [0.3, 0.4) is 0 Å². The highest BCUT2D eigenvalue weighted by atomic mass is 16.5. The summed E-state index contributed by atoms with van der Waals surface area (Å²) < 4.78 is 12.4. The predicted molar refractivity (Wildman–Crippen MR) is 74.8 cm³/mol. The highest BCUT2D eigenvalue weighted by Gasteiger charge is 2.14. The van der Waals surface area contributed by atoms with Gasteiger partial charge < -0.3 is 14.6 Å². The maximum atomic E-state index is 10.9. The quantitative estimate of drug-likeness (QED) is 0.836. The number of nitrogens with zero attached hydrogens (tertiary/aromatic N) is 3. The lowest BCUT2D eigenvalue weighted by atomic mass is 10.3. The summed E-state index contributed by atoms with van der Waals surface area (Å²) in [7, 11) is 0. The number of carboxylic acids is 1. The molecule has 112 valence electrons. The van der Waals surface area contributed by atoms with Crippen molar-refractivity contribution in [3.8, 4) is 11.5 Å². The molecule has 0 atom stereocenters. The van der Waals surface area contributed by atoms with Gasteiger partial charge in [0.05, 0.1) is 18.8 Å². The molecule has 7 nitrogen and oxygen atoms in total. The molecule has 1 N–H and O–H groups in total. The molecule has 0 radical (unpaired) electrons. The number of aromatic nitrogens is 3. The second-order valence-corrected chi connectivity index (χ2v) is 4.30. The molecule has 1 heterocycles. The third-order valence-corrected chi connectivity index (χ3v) is 2.89. The molecule has 2 rings (SSSR count). The van der Waals surface area contributed by atoms with Gasteiger partial charge in [-0.15, -0.1) is 5.10 Å². The van der Waals surface area contributed by atoms with Gasteiger partial charge in [-0.2, -0.15) is 0 Å². The third kappa shape index (κ3) is 3.71. The average molecular weight is 291 g/mol. The van der Waals surface area contributed by atoms with Crippen LogP contribution < -0.4 is 9.47 Å². The Balaban J connectivity index is 1.88. The molecule has 0 aliphatic rings. The van der Waals surface area contributed by atoms with E-state index in [9.17, 15) is 4.79 Å². The van der Waals surface area contributed by atoms with Crippen molar-refractivity contribution in [2.75, 3.05) is 13.2 Å². The molecule has 7 heteroatoms. The van der Waals surface area contributed by atoms with E-state index in [2.05, 4.69) is 10.3 Å². The van der Waals surface area contributed by atoms with Crippen LogP contribution in [0.2, 0.25) is 0 Å². The summed E-state index contributed by atoms with van der Waals surface area (Å²) in [5.74, 6) is 0.434. The Bertz CT molecular complexity index is 607. The van der Waals surface area contributed by atoms with Crippen LogP contribution in [-0.2, 0) is 6.54 Å². The number of rotatable bonds is 7. The molecule has 1 aromatic carbocycles. The first-order chi connectivity index (χ1) is 10.1. The van der Waals surface area contributed by atoms with E-state index in [1.807, 2.05) is 31.2 Å². The molecule has 0 unspecified atom stereocenters. The van der Waals surface area contributed by atoms with Gasteiger partial charge in [-0.3, -0.25) is 0 Å². The Morgan fingerprint density at radius 2 is 1.86 bits per heavy atom. The van der Waals surface area contributed by atoms with Gasteiger partial charge in [0.2, 0.25) is 0 Å². The predicted octanol–water partition coefficient (Wildman–Crippen LogP) is 1.76. The SMILES string of the molecule is CCOc1ccc(OCCn2nnc(C(=O)O)c2C)cc1. The lowest BCUT2D eigenvalue weighted by Gasteiger charge is -2.08. The fourth-order valence-corrected chi connectivity index (χ4v) is 1.82. The van der Waals surface area contributed by atoms with Crippen molar-refractivity contribution in [1.82, 2.24) is 15.0 Å². The Morgan fingerprint density at radius 1 is 1.24 bits per heavy atom. The van der Waals surface area contributed by atoms with Crippen LogP contribution in [0.4, 0.5) is 0 Å². The average Bonchev–Trinajstić information content (AvgIpc) is 2.83. The molecule has 0 saturated heterocycles. The van der Waals surface area contributed by atoms with Crippen LogP contribution in [0.25, 0.3) is 0 Å². The van der Waals surface area contributed by atoms with Crippen molar-refractivity contribution >= 4 is 5.97 Å². The van der Waals surface area contributed by atoms with Crippen LogP contribution in [0.15, 0.2) is 24.3 Å². The molecule has 0 aliphatic carbocycles. The van der Waals surface area contributed by atoms with Crippen molar-refractivity contribution in [3.63, 3.8) is 0 Å². The maximum absolute atomic E-state index is 10.9. The molecule has 21 heavy (non-hydrogen) atoms. The van der Waals surface area contributed by atoms with Gasteiger partial charge in [-0.25, -0.2) is 9.48 Å². The highest BCUT2D eigenvalue weighted by molar-refractivity contribution is 5.86. The summed E-state index contributed by atoms with van der Waals surface area (Å²) in [6, 6.07) is 7.31. The van der Waals surface area contributed by atoms with Gasteiger partial charge in [0, 0.05) is 0 Å². The van der Waals surface area contributed by atoms with Crippen LogP contribution in [0, 0.1) is 6.92 Å². The Labute approximate surface area is 122 Å². The van der Waals surface area contributed by atoms with E-state index in [-0.39, 0.29) is 5.69 Å². The summed E-state index contributed by atoms with van der Waals surface area (Å²) in [5.41, 5.74) is 0.480. The largest absolute Gasteiger partial charge is 0.494 e. The zero-order chi connectivity index (χ0) is 15.2.